The summed E-state index contributed by atoms with van der Waals surface area (Å²) in [4.78, 5) is 18.1. The lowest BCUT2D eigenvalue weighted by Gasteiger charge is -2.36. The summed E-state index contributed by atoms with van der Waals surface area (Å²) in [5.74, 6) is 0.0222. The highest BCUT2D eigenvalue weighted by Crippen LogP contribution is 2.33. The lowest BCUT2D eigenvalue weighted by molar-refractivity contribution is -0.139. The molecule has 0 saturated carbocycles. The standard InChI is InChI=1S/C24H21ClN2O3/c1-17(28)29-23-22(18-12-14-19(25)15-13-18)16-27(21-10-6-3-7-11-21)30-24(23)26-20-8-4-2-5-9-20/h2-15,24,26H,16H2,1H3/t24-/m0/s1. The van der Waals surface area contributed by atoms with Crippen molar-refractivity contribution in [2.45, 2.75) is 13.2 Å². The molecule has 3 aromatic carbocycles. The van der Waals surface area contributed by atoms with Crippen LogP contribution >= 0.6 is 11.6 Å². The molecule has 0 aromatic heterocycles. The largest absolute Gasteiger partial charge is 0.426 e. The Kier molecular flexibility index (Phi) is 6.02. The second-order valence-electron chi connectivity index (χ2n) is 6.81. The molecule has 1 N–H and O–H groups in total. The van der Waals surface area contributed by atoms with Crippen LogP contribution in [0.25, 0.3) is 5.57 Å². The number of nitrogens with zero attached hydrogens (tertiary/aromatic N) is 1. The summed E-state index contributed by atoms with van der Waals surface area (Å²) in [6, 6.07) is 26.9. The maximum atomic E-state index is 11.9. The average Bonchev–Trinajstić information content (AvgIpc) is 2.76. The quantitative estimate of drug-likeness (QED) is 0.552. The Hall–Kier alpha value is -3.28. The topological polar surface area (TPSA) is 50.8 Å². The second-order valence-corrected chi connectivity index (χ2v) is 7.25. The zero-order valence-electron chi connectivity index (χ0n) is 16.4. The molecule has 0 saturated heterocycles. The molecule has 6 heteroatoms. The molecule has 0 unspecified atom stereocenters. The highest BCUT2D eigenvalue weighted by Gasteiger charge is 2.32. The first-order valence-electron chi connectivity index (χ1n) is 9.58. The lowest BCUT2D eigenvalue weighted by atomic mass is 10.0. The highest BCUT2D eigenvalue weighted by molar-refractivity contribution is 6.30. The van der Waals surface area contributed by atoms with Gasteiger partial charge in [-0.25, -0.2) is 9.90 Å². The molecule has 0 radical (unpaired) electrons. The van der Waals surface area contributed by atoms with Crippen molar-refractivity contribution in [1.82, 2.24) is 0 Å². The van der Waals surface area contributed by atoms with Crippen LogP contribution in [-0.4, -0.2) is 18.7 Å². The van der Waals surface area contributed by atoms with E-state index in [1.165, 1.54) is 6.92 Å². The zero-order valence-corrected chi connectivity index (χ0v) is 17.2. The van der Waals surface area contributed by atoms with Gasteiger partial charge in [-0.3, -0.25) is 4.79 Å². The van der Waals surface area contributed by atoms with Gasteiger partial charge in [-0.1, -0.05) is 60.1 Å². The maximum absolute atomic E-state index is 11.9. The molecule has 0 spiro atoms. The van der Waals surface area contributed by atoms with Crippen LogP contribution in [0.2, 0.25) is 5.02 Å². The van der Waals surface area contributed by atoms with Gasteiger partial charge in [-0.05, 0) is 42.0 Å². The highest BCUT2D eigenvalue weighted by atomic mass is 35.5. The van der Waals surface area contributed by atoms with Crippen molar-refractivity contribution in [3.63, 3.8) is 0 Å². The minimum atomic E-state index is -0.698. The van der Waals surface area contributed by atoms with Gasteiger partial charge in [0.1, 0.15) is 0 Å². The summed E-state index contributed by atoms with van der Waals surface area (Å²) < 4.78 is 5.65. The lowest BCUT2D eigenvalue weighted by Crippen LogP contribution is -2.42. The van der Waals surface area contributed by atoms with E-state index in [9.17, 15) is 4.79 Å². The third kappa shape index (κ3) is 4.64. The fraction of sp³-hybridized carbons (Fsp3) is 0.125. The van der Waals surface area contributed by atoms with Crippen molar-refractivity contribution in [1.29, 1.82) is 0 Å². The van der Waals surface area contributed by atoms with E-state index in [4.69, 9.17) is 21.2 Å². The molecule has 1 aliphatic rings. The predicted octanol–water partition coefficient (Wildman–Crippen LogP) is 5.50. The first-order chi connectivity index (χ1) is 14.6. The number of ether oxygens (including phenoxy) is 1. The third-order valence-corrected chi connectivity index (χ3v) is 4.88. The molecule has 152 valence electrons. The van der Waals surface area contributed by atoms with E-state index in [-0.39, 0.29) is 0 Å². The van der Waals surface area contributed by atoms with E-state index in [0.717, 1.165) is 22.5 Å². The molecule has 1 atom stereocenters. The molecule has 3 aromatic rings. The number of hydroxylamine groups is 1. The minimum absolute atomic E-state index is 0.404. The van der Waals surface area contributed by atoms with Crippen molar-refractivity contribution >= 4 is 34.5 Å². The van der Waals surface area contributed by atoms with Crippen molar-refractivity contribution < 1.29 is 14.4 Å². The number of carbonyl (C=O) groups excluding carboxylic acids is 1. The van der Waals surface area contributed by atoms with Crippen molar-refractivity contribution in [2.24, 2.45) is 0 Å². The Bertz CT molecular complexity index is 1040. The van der Waals surface area contributed by atoms with Gasteiger partial charge in [-0.2, -0.15) is 0 Å². The van der Waals surface area contributed by atoms with Crippen LogP contribution in [0, 0.1) is 0 Å². The molecule has 0 bridgehead atoms. The fourth-order valence-corrected chi connectivity index (χ4v) is 3.40. The Labute approximate surface area is 180 Å². The van der Waals surface area contributed by atoms with Gasteiger partial charge in [0.05, 0.1) is 12.2 Å². The van der Waals surface area contributed by atoms with Gasteiger partial charge >= 0.3 is 5.97 Å². The van der Waals surface area contributed by atoms with Crippen molar-refractivity contribution in [3.8, 4) is 0 Å². The Morgan fingerprint density at radius 1 is 1.00 bits per heavy atom. The molecular weight excluding hydrogens is 400 g/mol. The zero-order chi connectivity index (χ0) is 20.9. The maximum Gasteiger partial charge on any atom is 0.307 e. The van der Waals surface area contributed by atoms with Gasteiger partial charge in [-0.15, -0.1) is 0 Å². The van der Waals surface area contributed by atoms with Gasteiger partial charge in [0, 0.05) is 23.2 Å². The Balaban J connectivity index is 1.79. The van der Waals surface area contributed by atoms with Gasteiger partial charge < -0.3 is 10.1 Å². The Morgan fingerprint density at radius 2 is 1.63 bits per heavy atom. The van der Waals surface area contributed by atoms with Gasteiger partial charge in [0.15, 0.2) is 5.76 Å². The SMILES string of the molecule is CC(=O)OC1=C(c2ccc(Cl)cc2)CN(c2ccccc2)O[C@@H]1Nc1ccccc1. The van der Waals surface area contributed by atoms with Crippen LogP contribution < -0.4 is 10.4 Å². The number of rotatable bonds is 5. The molecular formula is C24H21ClN2O3. The van der Waals surface area contributed by atoms with Gasteiger partial charge in [0.25, 0.3) is 0 Å². The summed E-state index contributed by atoms with van der Waals surface area (Å²) in [5.41, 5.74) is 3.48. The van der Waals surface area contributed by atoms with Crippen LogP contribution in [0.4, 0.5) is 11.4 Å². The minimum Gasteiger partial charge on any atom is -0.426 e. The van der Waals surface area contributed by atoms with Crippen LogP contribution in [0.5, 0.6) is 0 Å². The summed E-state index contributed by atoms with van der Waals surface area (Å²) in [6.45, 7) is 1.79. The molecule has 1 heterocycles. The van der Waals surface area contributed by atoms with Crippen LogP contribution in [0.15, 0.2) is 90.7 Å². The molecule has 5 nitrogen and oxygen atoms in total. The second kappa shape index (κ2) is 9.03. The molecule has 4 rings (SSSR count). The Morgan fingerprint density at radius 3 is 2.27 bits per heavy atom. The van der Waals surface area contributed by atoms with Crippen LogP contribution in [0.3, 0.4) is 0 Å². The number of esters is 1. The number of benzene rings is 3. The molecule has 30 heavy (non-hydrogen) atoms. The van der Waals surface area contributed by atoms with E-state index < -0.39 is 12.2 Å². The molecule has 0 fully saturated rings. The number of anilines is 2. The molecule has 0 amide bonds. The first-order valence-corrected chi connectivity index (χ1v) is 9.96. The smallest absolute Gasteiger partial charge is 0.307 e. The number of halogens is 1. The third-order valence-electron chi connectivity index (χ3n) is 4.63. The summed E-state index contributed by atoms with van der Waals surface area (Å²) >= 11 is 6.08. The summed E-state index contributed by atoms with van der Waals surface area (Å²) in [6.07, 6.45) is -0.698. The number of carbonyl (C=O) groups is 1. The first kappa shape index (κ1) is 20.0. The number of para-hydroxylation sites is 2. The monoisotopic (exact) mass is 420 g/mol. The number of hydrogen-bond acceptors (Lipinski definition) is 5. The fourth-order valence-electron chi connectivity index (χ4n) is 3.27. The van der Waals surface area contributed by atoms with E-state index in [1.54, 1.807) is 5.06 Å². The number of hydrogen-bond donors (Lipinski definition) is 1. The van der Waals surface area contributed by atoms with Crippen LogP contribution in [0.1, 0.15) is 12.5 Å². The summed E-state index contributed by atoms with van der Waals surface area (Å²) in [7, 11) is 0. The normalized spacial score (nSPS) is 16.3. The van der Waals surface area contributed by atoms with Crippen molar-refractivity contribution in [2.75, 3.05) is 16.9 Å². The molecule has 1 aliphatic heterocycles. The van der Waals surface area contributed by atoms with E-state index >= 15 is 0 Å². The van der Waals surface area contributed by atoms with Gasteiger partial charge in [0.2, 0.25) is 6.23 Å². The van der Waals surface area contributed by atoms with Crippen LogP contribution in [-0.2, 0) is 14.4 Å². The average molecular weight is 421 g/mol. The molecule has 0 aliphatic carbocycles. The van der Waals surface area contributed by atoms with E-state index in [1.807, 2.05) is 84.9 Å². The number of nitrogens with one attached hydrogen (secondary N) is 1. The summed E-state index contributed by atoms with van der Waals surface area (Å²) in [5, 5.41) is 5.75. The predicted molar refractivity (Wildman–Crippen MR) is 119 cm³/mol. The van der Waals surface area contributed by atoms with E-state index in [2.05, 4.69) is 5.32 Å². The van der Waals surface area contributed by atoms with E-state index in [0.29, 0.717) is 17.3 Å². The van der Waals surface area contributed by atoms with Crippen molar-refractivity contribution in [3.05, 3.63) is 101 Å².